The lowest BCUT2D eigenvalue weighted by Gasteiger charge is -2.06. The van der Waals surface area contributed by atoms with Crippen molar-refractivity contribution < 1.29 is 23.4 Å². The molecule has 88 valence electrons. The van der Waals surface area contributed by atoms with Crippen molar-refractivity contribution in [2.45, 2.75) is 25.9 Å². The Hall–Kier alpha value is -1.65. The summed E-state index contributed by atoms with van der Waals surface area (Å²) < 4.78 is 28.1. The summed E-state index contributed by atoms with van der Waals surface area (Å²) in [5.74, 6) is -0.761. The summed E-state index contributed by atoms with van der Waals surface area (Å²) in [4.78, 5) is 10.3. The van der Waals surface area contributed by atoms with Crippen molar-refractivity contribution in [2.24, 2.45) is 0 Å². The average molecular weight is 230 g/mol. The van der Waals surface area contributed by atoms with Gasteiger partial charge >= 0.3 is 12.6 Å². The van der Waals surface area contributed by atoms with E-state index in [9.17, 15) is 13.6 Å². The first-order chi connectivity index (χ1) is 7.58. The number of carboxylic acids is 1. The van der Waals surface area contributed by atoms with E-state index in [2.05, 4.69) is 4.74 Å². The molecule has 1 N–H and O–H groups in total. The third-order valence-electron chi connectivity index (χ3n) is 1.98. The number of halogens is 2. The summed E-state index contributed by atoms with van der Waals surface area (Å²) in [6, 6.07) is 6.29. The van der Waals surface area contributed by atoms with Gasteiger partial charge in [0.1, 0.15) is 5.75 Å². The van der Waals surface area contributed by atoms with E-state index < -0.39 is 12.6 Å². The fourth-order valence-electron chi connectivity index (χ4n) is 1.32. The lowest BCUT2D eigenvalue weighted by atomic mass is 10.1. The van der Waals surface area contributed by atoms with Gasteiger partial charge in [0.15, 0.2) is 0 Å². The minimum atomic E-state index is -2.84. The van der Waals surface area contributed by atoms with Gasteiger partial charge in [-0.3, -0.25) is 4.79 Å². The predicted molar refractivity (Wildman–Crippen MR) is 53.6 cm³/mol. The fourth-order valence-corrected chi connectivity index (χ4v) is 1.32. The van der Waals surface area contributed by atoms with Crippen molar-refractivity contribution >= 4 is 5.97 Å². The highest BCUT2D eigenvalue weighted by Crippen LogP contribution is 2.17. The maximum atomic E-state index is 11.9. The number of ether oxygens (including phenoxy) is 1. The molecule has 0 unspecified atom stereocenters. The van der Waals surface area contributed by atoms with Crippen LogP contribution in [-0.2, 0) is 11.2 Å². The number of aryl methyl sites for hydroxylation is 1. The topological polar surface area (TPSA) is 46.5 Å². The van der Waals surface area contributed by atoms with Crippen LogP contribution in [0.15, 0.2) is 24.3 Å². The van der Waals surface area contributed by atoms with E-state index in [0.717, 1.165) is 5.56 Å². The lowest BCUT2D eigenvalue weighted by molar-refractivity contribution is -0.137. The third-order valence-corrected chi connectivity index (χ3v) is 1.98. The van der Waals surface area contributed by atoms with Gasteiger partial charge < -0.3 is 9.84 Å². The Balaban J connectivity index is 2.50. The van der Waals surface area contributed by atoms with Gasteiger partial charge in [0.25, 0.3) is 0 Å². The first kappa shape index (κ1) is 12.4. The molecule has 0 atom stereocenters. The van der Waals surface area contributed by atoms with Gasteiger partial charge in [0, 0.05) is 6.42 Å². The Labute approximate surface area is 91.7 Å². The minimum absolute atomic E-state index is 0.0694. The van der Waals surface area contributed by atoms with Gasteiger partial charge in [0.2, 0.25) is 0 Å². The number of rotatable bonds is 6. The molecule has 1 aromatic carbocycles. The highest BCUT2D eigenvalue weighted by atomic mass is 19.3. The summed E-state index contributed by atoms with van der Waals surface area (Å²) in [5.41, 5.74) is 0.791. The summed E-state index contributed by atoms with van der Waals surface area (Å²) in [6.07, 6.45) is 1.08. The first-order valence-electron chi connectivity index (χ1n) is 4.83. The van der Waals surface area contributed by atoms with Crippen molar-refractivity contribution in [3.63, 3.8) is 0 Å². The molecule has 0 aromatic heterocycles. The molecule has 0 amide bonds. The van der Waals surface area contributed by atoms with E-state index in [1.807, 2.05) is 0 Å². The summed E-state index contributed by atoms with van der Waals surface area (Å²) in [7, 11) is 0. The van der Waals surface area contributed by atoms with Gasteiger partial charge in [-0.1, -0.05) is 12.1 Å². The molecule has 0 aliphatic carbocycles. The van der Waals surface area contributed by atoms with Crippen LogP contribution < -0.4 is 4.74 Å². The van der Waals surface area contributed by atoms with Crippen LogP contribution in [0.1, 0.15) is 18.4 Å². The zero-order valence-electron chi connectivity index (χ0n) is 8.53. The zero-order valence-corrected chi connectivity index (χ0v) is 8.53. The van der Waals surface area contributed by atoms with Crippen molar-refractivity contribution in [3.8, 4) is 5.75 Å². The molecule has 0 aliphatic heterocycles. The maximum Gasteiger partial charge on any atom is 0.387 e. The van der Waals surface area contributed by atoms with Crippen LogP contribution in [0.3, 0.4) is 0 Å². The van der Waals surface area contributed by atoms with Crippen molar-refractivity contribution in [3.05, 3.63) is 29.8 Å². The molecule has 0 bridgehead atoms. The maximum absolute atomic E-state index is 11.9. The van der Waals surface area contributed by atoms with E-state index in [-0.39, 0.29) is 12.2 Å². The molecule has 16 heavy (non-hydrogen) atoms. The normalized spacial score (nSPS) is 10.4. The van der Waals surface area contributed by atoms with Gasteiger partial charge in [-0.25, -0.2) is 0 Å². The molecule has 0 saturated carbocycles. The highest BCUT2D eigenvalue weighted by molar-refractivity contribution is 5.66. The molecule has 0 saturated heterocycles. The monoisotopic (exact) mass is 230 g/mol. The van der Waals surface area contributed by atoms with Gasteiger partial charge in [-0.15, -0.1) is 0 Å². The van der Waals surface area contributed by atoms with E-state index >= 15 is 0 Å². The van der Waals surface area contributed by atoms with Crippen LogP contribution in [-0.4, -0.2) is 17.7 Å². The molecule has 3 nitrogen and oxygen atoms in total. The predicted octanol–water partition coefficient (Wildman–Crippen LogP) is 2.70. The molecule has 0 aliphatic rings. The van der Waals surface area contributed by atoms with Crippen molar-refractivity contribution in [1.29, 1.82) is 0 Å². The van der Waals surface area contributed by atoms with Gasteiger partial charge in [-0.2, -0.15) is 8.78 Å². The number of carbonyl (C=O) groups is 1. The quantitative estimate of drug-likeness (QED) is 0.817. The average Bonchev–Trinajstić information content (AvgIpc) is 2.16. The lowest BCUT2D eigenvalue weighted by Crippen LogP contribution is -2.02. The second-order valence-corrected chi connectivity index (χ2v) is 3.27. The summed E-state index contributed by atoms with van der Waals surface area (Å²) in [5, 5.41) is 8.44. The Morgan fingerprint density at radius 2 is 2.19 bits per heavy atom. The van der Waals surface area contributed by atoms with Crippen LogP contribution in [0.4, 0.5) is 8.78 Å². The molecule has 5 heteroatoms. The SMILES string of the molecule is O=C(O)CCCc1cccc(OC(F)F)c1. The Morgan fingerprint density at radius 1 is 1.44 bits per heavy atom. The summed E-state index contributed by atoms with van der Waals surface area (Å²) in [6.45, 7) is -2.84. The molecule has 1 rings (SSSR count). The molecular formula is C11H12F2O3. The summed E-state index contributed by atoms with van der Waals surface area (Å²) >= 11 is 0. The number of carboxylic acid groups (broad SMARTS) is 1. The van der Waals surface area contributed by atoms with E-state index in [1.54, 1.807) is 12.1 Å². The molecule has 0 fully saturated rings. The Bertz CT molecular complexity index is 353. The minimum Gasteiger partial charge on any atom is -0.481 e. The molecule has 0 radical (unpaired) electrons. The van der Waals surface area contributed by atoms with Crippen LogP contribution in [0.5, 0.6) is 5.75 Å². The molecular weight excluding hydrogens is 218 g/mol. The van der Waals surface area contributed by atoms with E-state index in [0.29, 0.717) is 12.8 Å². The zero-order chi connectivity index (χ0) is 12.0. The van der Waals surface area contributed by atoms with E-state index in [4.69, 9.17) is 5.11 Å². The van der Waals surface area contributed by atoms with Crippen molar-refractivity contribution in [1.82, 2.24) is 0 Å². The highest BCUT2D eigenvalue weighted by Gasteiger charge is 2.05. The van der Waals surface area contributed by atoms with Crippen LogP contribution in [0.2, 0.25) is 0 Å². The molecule has 1 aromatic rings. The molecule has 0 heterocycles. The number of hydrogen-bond acceptors (Lipinski definition) is 2. The fraction of sp³-hybridized carbons (Fsp3) is 0.364. The van der Waals surface area contributed by atoms with Gasteiger partial charge in [-0.05, 0) is 30.5 Å². The van der Waals surface area contributed by atoms with Crippen LogP contribution in [0.25, 0.3) is 0 Å². The number of aliphatic carboxylic acids is 1. The van der Waals surface area contributed by atoms with Crippen LogP contribution >= 0.6 is 0 Å². The third kappa shape index (κ3) is 4.72. The largest absolute Gasteiger partial charge is 0.481 e. The first-order valence-corrected chi connectivity index (χ1v) is 4.83. The molecule has 0 spiro atoms. The second kappa shape index (κ2) is 6.05. The smallest absolute Gasteiger partial charge is 0.387 e. The number of hydrogen-bond donors (Lipinski definition) is 1. The van der Waals surface area contributed by atoms with Gasteiger partial charge in [0.05, 0.1) is 0 Å². The van der Waals surface area contributed by atoms with Crippen LogP contribution in [0, 0.1) is 0 Å². The number of benzene rings is 1. The Morgan fingerprint density at radius 3 is 2.81 bits per heavy atom. The Kier molecular flexibility index (Phi) is 4.69. The second-order valence-electron chi connectivity index (χ2n) is 3.27. The standard InChI is InChI=1S/C11H12F2O3/c12-11(13)16-9-5-1-3-8(7-9)4-2-6-10(14)15/h1,3,5,7,11H,2,4,6H2,(H,14,15). The number of alkyl halides is 2. The van der Waals surface area contributed by atoms with E-state index in [1.165, 1.54) is 12.1 Å². The van der Waals surface area contributed by atoms with Crippen molar-refractivity contribution in [2.75, 3.05) is 0 Å².